The smallest absolute Gasteiger partial charge is 0.338 e. The molecule has 4 aromatic rings. The maximum absolute atomic E-state index is 13.7. The normalized spacial score (nSPS) is 20.4. The van der Waals surface area contributed by atoms with Crippen molar-refractivity contribution < 1.29 is 47.6 Å². The molecule has 50 heavy (non-hydrogen) atoms. The first kappa shape index (κ1) is 36.0. The van der Waals surface area contributed by atoms with Gasteiger partial charge in [-0.25, -0.2) is 19.2 Å². The van der Waals surface area contributed by atoms with E-state index in [9.17, 15) is 19.2 Å². The van der Waals surface area contributed by atoms with Crippen LogP contribution in [0.5, 0.6) is 0 Å². The molecule has 0 saturated carbocycles. The Bertz CT molecular complexity index is 1730. The van der Waals surface area contributed by atoms with Crippen molar-refractivity contribution in [1.29, 1.82) is 0 Å². The summed E-state index contributed by atoms with van der Waals surface area (Å²) in [6, 6.07) is 33.0. The van der Waals surface area contributed by atoms with Crippen LogP contribution in [0.25, 0.3) is 0 Å². The zero-order valence-corrected chi connectivity index (χ0v) is 28.3. The highest BCUT2D eigenvalue weighted by molar-refractivity contribution is 5.91. The van der Waals surface area contributed by atoms with Crippen LogP contribution in [-0.2, 0) is 28.4 Å². The summed E-state index contributed by atoms with van der Waals surface area (Å²) < 4.78 is 36.8. The van der Waals surface area contributed by atoms with Gasteiger partial charge in [0.15, 0.2) is 24.6 Å². The Kier molecular flexibility index (Phi) is 11.8. The molecule has 0 spiro atoms. The average Bonchev–Trinajstić information content (AvgIpc) is 3.14. The van der Waals surface area contributed by atoms with Gasteiger partial charge in [-0.3, -0.25) is 0 Å². The van der Waals surface area contributed by atoms with Gasteiger partial charge in [-0.2, -0.15) is 0 Å². The van der Waals surface area contributed by atoms with Crippen molar-refractivity contribution in [2.24, 2.45) is 5.92 Å². The number of carbonyl (C=O) groups is 4. The van der Waals surface area contributed by atoms with Gasteiger partial charge in [-0.15, -0.1) is 0 Å². The Labute approximate surface area is 291 Å². The first-order chi connectivity index (χ1) is 24.0. The van der Waals surface area contributed by atoms with Crippen molar-refractivity contribution in [2.45, 2.75) is 64.0 Å². The van der Waals surface area contributed by atoms with Crippen molar-refractivity contribution in [2.75, 3.05) is 6.61 Å². The fourth-order valence-corrected chi connectivity index (χ4v) is 5.06. The van der Waals surface area contributed by atoms with Crippen molar-refractivity contribution in [3.63, 3.8) is 0 Å². The lowest BCUT2D eigenvalue weighted by molar-refractivity contribution is -0.324. The van der Waals surface area contributed by atoms with Crippen LogP contribution in [0.2, 0.25) is 0 Å². The fourth-order valence-electron chi connectivity index (χ4n) is 5.06. The molecule has 1 fully saturated rings. The van der Waals surface area contributed by atoms with Gasteiger partial charge in [0.1, 0.15) is 12.7 Å². The topological polar surface area (TPSA) is 124 Å². The van der Waals surface area contributed by atoms with Crippen LogP contribution >= 0.6 is 0 Å². The molecule has 5 atom stereocenters. The van der Waals surface area contributed by atoms with Crippen molar-refractivity contribution in [3.05, 3.63) is 144 Å². The number of benzene rings is 4. The van der Waals surface area contributed by atoms with Gasteiger partial charge in [0.25, 0.3) is 0 Å². The number of ether oxygens (including phenoxy) is 6. The third kappa shape index (κ3) is 9.02. The van der Waals surface area contributed by atoms with Crippen LogP contribution in [0, 0.1) is 5.92 Å². The second-order valence-corrected chi connectivity index (χ2v) is 12.6. The molecule has 2 unspecified atom stereocenters. The summed E-state index contributed by atoms with van der Waals surface area (Å²) in [5, 5.41) is 0. The molecule has 4 aromatic carbocycles. The van der Waals surface area contributed by atoms with Gasteiger partial charge in [0.05, 0.1) is 27.9 Å². The van der Waals surface area contributed by atoms with Gasteiger partial charge < -0.3 is 28.4 Å². The van der Waals surface area contributed by atoms with Crippen molar-refractivity contribution >= 4 is 23.9 Å². The molecule has 0 bridgehead atoms. The molecule has 10 nitrogen and oxygen atoms in total. The number of hydrogen-bond acceptors (Lipinski definition) is 10. The van der Waals surface area contributed by atoms with Gasteiger partial charge in [0, 0.05) is 0 Å². The van der Waals surface area contributed by atoms with E-state index >= 15 is 0 Å². The zero-order valence-electron chi connectivity index (χ0n) is 28.3. The fraction of sp³-hybridized carbons (Fsp3) is 0.300. The summed E-state index contributed by atoms with van der Waals surface area (Å²) >= 11 is 0. The third-order valence-corrected chi connectivity index (χ3v) is 8.55. The molecule has 0 aromatic heterocycles. The first-order valence-corrected chi connectivity index (χ1v) is 16.4. The van der Waals surface area contributed by atoms with E-state index < -0.39 is 66.8 Å². The van der Waals surface area contributed by atoms with Gasteiger partial charge >= 0.3 is 23.9 Å². The standard InChI is InChI=1S/C40H40O10/c1-26(2)40(3,4)50-39-34(49-38(44)30-23-15-8-16-24-30)33(48-37(43)29-21-13-7-14-22-29)32(47-36(42)28-19-11-6-12-20-28)31(46-39)25-45-35(41)27-17-9-5-10-18-27/h5-24,26,31-34,39H,25H2,1-4H3/t31?,32-,33-,34?,39-/m1/s1. The van der Waals surface area contributed by atoms with E-state index in [1.54, 1.807) is 121 Å². The molecular weight excluding hydrogens is 640 g/mol. The Balaban J connectivity index is 1.58. The van der Waals surface area contributed by atoms with Crippen LogP contribution in [0.1, 0.15) is 69.1 Å². The molecule has 0 aliphatic carbocycles. The number of hydrogen-bond donors (Lipinski definition) is 0. The predicted molar refractivity (Wildman–Crippen MR) is 182 cm³/mol. The first-order valence-electron chi connectivity index (χ1n) is 16.4. The van der Waals surface area contributed by atoms with E-state index in [0.29, 0.717) is 0 Å². The highest BCUT2D eigenvalue weighted by Crippen LogP contribution is 2.35. The van der Waals surface area contributed by atoms with Crippen LogP contribution < -0.4 is 0 Å². The lowest BCUT2D eigenvalue weighted by Gasteiger charge is -2.46. The number of rotatable bonds is 12. The molecule has 0 N–H and O–H groups in total. The van der Waals surface area contributed by atoms with Crippen LogP contribution in [0.15, 0.2) is 121 Å². The Hall–Kier alpha value is -5.32. The molecule has 1 aliphatic rings. The van der Waals surface area contributed by atoms with E-state index in [2.05, 4.69) is 0 Å². The highest BCUT2D eigenvalue weighted by atomic mass is 16.7. The predicted octanol–water partition coefficient (Wildman–Crippen LogP) is 6.70. The molecule has 260 valence electrons. The maximum Gasteiger partial charge on any atom is 0.338 e. The monoisotopic (exact) mass is 680 g/mol. The van der Waals surface area contributed by atoms with E-state index in [1.807, 2.05) is 27.7 Å². The Morgan fingerprint density at radius 3 is 1.32 bits per heavy atom. The Morgan fingerprint density at radius 2 is 0.920 bits per heavy atom. The van der Waals surface area contributed by atoms with Crippen LogP contribution in [0.4, 0.5) is 0 Å². The molecule has 1 saturated heterocycles. The van der Waals surface area contributed by atoms with Crippen LogP contribution in [0.3, 0.4) is 0 Å². The SMILES string of the molecule is CC(C)C(C)(C)O[C@H]1OC(COC(=O)c2ccccc2)[C@@H](OC(=O)c2ccccc2)[C@@H](OC(=O)c2ccccc2)C1OC(=O)c1ccccc1. The summed E-state index contributed by atoms with van der Waals surface area (Å²) in [6.45, 7) is 7.15. The summed E-state index contributed by atoms with van der Waals surface area (Å²) in [5.74, 6) is -3.00. The number of carbonyl (C=O) groups excluding carboxylic acids is 4. The molecule has 5 rings (SSSR count). The minimum absolute atomic E-state index is 0.0510. The maximum atomic E-state index is 13.7. The molecule has 10 heteroatoms. The summed E-state index contributed by atoms with van der Waals surface area (Å²) in [6.07, 6.45) is -6.95. The van der Waals surface area contributed by atoms with E-state index in [4.69, 9.17) is 28.4 Å². The van der Waals surface area contributed by atoms with E-state index in [0.717, 1.165) is 0 Å². The minimum Gasteiger partial charge on any atom is -0.459 e. The van der Waals surface area contributed by atoms with E-state index in [-0.39, 0.29) is 28.2 Å². The second kappa shape index (κ2) is 16.4. The van der Waals surface area contributed by atoms with Gasteiger partial charge in [-0.05, 0) is 68.3 Å². The van der Waals surface area contributed by atoms with Crippen molar-refractivity contribution in [1.82, 2.24) is 0 Å². The second-order valence-electron chi connectivity index (χ2n) is 12.6. The summed E-state index contributed by atoms with van der Waals surface area (Å²) in [7, 11) is 0. The molecular formula is C40H40O10. The van der Waals surface area contributed by atoms with Crippen LogP contribution in [-0.4, -0.2) is 66.8 Å². The molecule has 1 aliphatic heterocycles. The average molecular weight is 681 g/mol. The number of esters is 4. The highest BCUT2D eigenvalue weighted by Gasteiger charge is 2.55. The van der Waals surface area contributed by atoms with Crippen molar-refractivity contribution in [3.8, 4) is 0 Å². The lowest BCUT2D eigenvalue weighted by Crippen LogP contribution is -2.64. The summed E-state index contributed by atoms with van der Waals surface area (Å²) in [5.41, 5.74) is 0.0653. The zero-order chi connectivity index (χ0) is 35.7. The summed E-state index contributed by atoms with van der Waals surface area (Å²) in [4.78, 5) is 54.0. The third-order valence-electron chi connectivity index (χ3n) is 8.55. The van der Waals surface area contributed by atoms with E-state index in [1.165, 1.54) is 0 Å². The molecule has 0 amide bonds. The quantitative estimate of drug-likeness (QED) is 0.118. The van der Waals surface area contributed by atoms with Gasteiger partial charge in [0.2, 0.25) is 0 Å². The Morgan fingerprint density at radius 1 is 0.560 bits per heavy atom. The largest absolute Gasteiger partial charge is 0.459 e. The van der Waals surface area contributed by atoms with Gasteiger partial charge in [-0.1, -0.05) is 86.6 Å². The molecule has 0 radical (unpaired) electrons. The lowest BCUT2D eigenvalue weighted by atomic mass is 9.93. The molecule has 1 heterocycles. The minimum atomic E-state index is -1.48.